The van der Waals surface area contributed by atoms with Crippen molar-refractivity contribution in [2.45, 2.75) is 33.3 Å². The first kappa shape index (κ1) is 18.7. The summed E-state index contributed by atoms with van der Waals surface area (Å²) in [6.07, 6.45) is 0. The monoisotopic (exact) mass is 400 g/mol. The van der Waals surface area contributed by atoms with E-state index in [4.69, 9.17) is 25.6 Å². The lowest BCUT2D eigenvalue weighted by molar-refractivity contribution is 0.0117. The minimum absolute atomic E-state index is 0.364. The summed E-state index contributed by atoms with van der Waals surface area (Å²) in [4.78, 5) is 12.5. The predicted molar refractivity (Wildman–Crippen MR) is 108 cm³/mol. The first-order valence-electron chi connectivity index (χ1n) is 8.82. The SMILES string of the molecule is COc1cc2c(cc1-c1c(C)noc1C)[nH]c1nc(C(C)(C)OC)nc(Cl)c12. The molecule has 7 nitrogen and oxygen atoms in total. The van der Waals surface area contributed by atoms with Crippen LogP contribution >= 0.6 is 11.6 Å². The number of halogens is 1. The summed E-state index contributed by atoms with van der Waals surface area (Å²) in [6.45, 7) is 7.57. The summed E-state index contributed by atoms with van der Waals surface area (Å²) >= 11 is 6.54. The molecule has 146 valence electrons. The molecule has 8 heteroatoms. The summed E-state index contributed by atoms with van der Waals surface area (Å²) in [6, 6.07) is 3.94. The van der Waals surface area contributed by atoms with E-state index in [2.05, 4.69) is 20.1 Å². The third kappa shape index (κ3) is 2.73. The molecule has 3 aromatic heterocycles. The van der Waals surface area contributed by atoms with Crippen LogP contribution in [-0.2, 0) is 10.3 Å². The highest BCUT2D eigenvalue weighted by Gasteiger charge is 2.26. The number of ether oxygens (including phenoxy) is 2. The number of nitrogens with zero attached hydrogens (tertiary/aromatic N) is 3. The van der Waals surface area contributed by atoms with Gasteiger partial charge in [-0.05, 0) is 39.8 Å². The molecule has 3 heterocycles. The first-order valence-corrected chi connectivity index (χ1v) is 9.20. The van der Waals surface area contributed by atoms with E-state index in [-0.39, 0.29) is 0 Å². The average molecular weight is 401 g/mol. The molecule has 0 aliphatic rings. The van der Waals surface area contributed by atoms with E-state index in [9.17, 15) is 0 Å². The third-order valence-electron chi connectivity index (χ3n) is 5.08. The first-order chi connectivity index (χ1) is 13.3. The number of hydrogen-bond donors (Lipinski definition) is 1. The molecular weight excluding hydrogens is 380 g/mol. The Morgan fingerprint density at radius 2 is 1.89 bits per heavy atom. The van der Waals surface area contributed by atoms with Crippen LogP contribution in [0.4, 0.5) is 0 Å². The topological polar surface area (TPSA) is 86.1 Å². The highest BCUT2D eigenvalue weighted by Crippen LogP contribution is 2.40. The minimum Gasteiger partial charge on any atom is -0.496 e. The Balaban J connectivity index is 2.03. The van der Waals surface area contributed by atoms with Gasteiger partial charge in [-0.1, -0.05) is 16.8 Å². The van der Waals surface area contributed by atoms with E-state index in [1.165, 1.54) is 0 Å². The zero-order valence-electron chi connectivity index (χ0n) is 16.6. The molecule has 4 rings (SSSR count). The molecule has 28 heavy (non-hydrogen) atoms. The second-order valence-corrected chi connectivity index (χ2v) is 7.56. The Bertz CT molecular complexity index is 1190. The Hall–Kier alpha value is -2.64. The molecule has 0 radical (unpaired) electrons. The van der Waals surface area contributed by atoms with Crippen molar-refractivity contribution in [1.82, 2.24) is 20.1 Å². The van der Waals surface area contributed by atoms with E-state index >= 15 is 0 Å². The van der Waals surface area contributed by atoms with Crippen LogP contribution in [-0.4, -0.2) is 34.3 Å². The summed E-state index contributed by atoms with van der Waals surface area (Å²) < 4.78 is 16.5. The average Bonchev–Trinajstić information content (AvgIpc) is 3.19. The van der Waals surface area contributed by atoms with Crippen molar-refractivity contribution < 1.29 is 14.0 Å². The number of nitrogens with one attached hydrogen (secondary N) is 1. The van der Waals surface area contributed by atoms with Gasteiger partial charge in [0.15, 0.2) is 5.82 Å². The van der Waals surface area contributed by atoms with Gasteiger partial charge in [-0.2, -0.15) is 0 Å². The summed E-state index contributed by atoms with van der Waals surface area (Å²) in [5.41, 5.74) is 3.46. The number of aromatic nitrogens is 4. The van der Waals surface area contributed by atoms with Gasteiger partial charge in [-0.3, -0.25) is 0 Å². The quantitative estimate of drug-likeness (QED) is 0.489. The van der Waals surface area contributed by atoms with Crippen molar-refractivity contribution >= 4 is 33.5 Å². The molecule has 0 saturated heterocycles. The smallest absolute Gasteiger partial charge is 0.163 e. The Morgan fingerprint density at radius 1 is 1.14 bits per heavy atom. The molecule has 0 unspecified atom stereocenters. The summed E-state index contributed by atoms with van der Waals surface area (Å²) in [5.74, 6) is 1.94. The highest BCUT2D eigenvalue weighted by atomic mass is 35.5. The Kier molecular flexibility index (Phi) is 4.32. The van der Waals surface area contributed by atoms with Gasteiger partial charge in [0, 0.05) is 23.6 Å². The van der Waals surface area contributed by atoms with Crippen molar-refractivity contribution in [3.05, 3.63) is 34.6 Å². The van der Waals surface area contributed by atoms with Crippen molar-refractivity contribution in [3.8, 4) is 16.9 Å². The van der Waals surface area contributed by atoms with Crippen LogP contribution in [0.2, 0.25) is 5.15 Å². The van der Waals surface area contributed by atoms with Gasteiger partial charge in [0.2, 0.25) is 0 Å². The van der Waals surface area contributed by atoms with E-state index in [1.54, 1.807) is 14.2 Å². The maximum atomic E-state index is 6.54. The van der Waals surface area contributed by atoms with Crippen molar-refractivity contribution in [1.29, 1.82) is 0 Å². The number of aromatic amines is 1. The molecule has 0 spiro atoms. The molecule has 0 aliphatic heterocycles. The lowest BCUT2D eigenvalue weighted by Gasteiger charge is -2.20. The third-order valence-corrected chi connectivity index (χ3v) is 5.35. The number of fused-ring (bicyclic) bond motifs is 3. The normalized spacial score (nSPS) is 12.2. The van der Waals surface area contributed by atoms with Gasteiger partial charge in [0.25, 0.3) is 0 Å². The van der Waals surface area contributed by atoms with E-state index in [0.29, 0.717) is 22.4 Å². The van der Waals surface area contributed by atoms with Gasteiger partial charge in [-0.15, -0.1) is 0 Å². The zero-order valence-corrected chi connectivity index (χ0v) is 17.4. The van der Waals surface area contributed by atoms with Crippen LogP contribution in [0, 0.1) is 13.8 Å². The maximum Gasteiger partial charge on any atom is 0.163 e. The standard InChI is InChI=1S/C20H21ClN4O3/c1-9-15(10(2)28-25-9)12-7-13-11(8-14(12)26-5)16-17(21)23-19(20(3,4)27-6)24-18(16)22-13/h7-8H,1-6H3,(H,22,23,24). The van der Waals surface area contributed by atoms with Crippen LogP contribution in [0.25, 0.3) is 33.1 Å². The molecule has 0 bridgehead atoms. The highest BCUT2D eigenvalue weighted by molar-refractivity contribution is 6.36. The fourth-order valence-electron chi connectivity index (χ4n) is 3.37. The van der Waals surface area contributed by atoms with Crippen LogP contribution < -0.4 is 4.74 Å². The van der Waals surface area contributed by atoms with E-state index < -0.39 is 5.60 Å². The molecule has 1 aromatic carbocycles. The van der Waals surface area contributed by atoms with Gasteiger partial charge in [0.05, 0.1) is 23.8 Å². The van der Waals surface area contributed by atoms with Gasteiger partial charge in [0.1, 0.15) is 27.9 Å². The summed E-state index contributed by atoms with van der Waals surface area (Å²) in [5, 5.41) is 6.05. The number of aryl methyl sites for hydroxylation is 2. The van der Waals surface area contributed by atoms with Crippen molar-refractivity contribution in [2.24, 2.45) is 0 Å². The van der Waals surface area contributed by atoms with E-state index in [0.717, 1.165) is 38.9 Å². The van der Waals surface area contributed by atoms with Crippen molar-refractivity contribution in [3.63, 3.8) is 0 Å². The van der Waals surface area contributed by atoms with Crippen LogP contribution in [0.3, 0.4) is 0 Å². The van der Waals surface area contributed by atoms with Crippen LogP contribution in [0.1, 0.15) is 31.1 Å². The predicted octanol–water partition coefficient (Wildman–Crippen LogP) is 4.93. The molecule has 1 N–H and O–H groups in total. The number of hydrogen-bond acceptors (Lipinski definition) is 6. The second kappa shape index (κ2) is 6.46. The number of rotatable bonds is 4. The number of benzene rings is 1. The molecule has 0 aliphatic carbocycles. The molecular formula is C20H21ClN4O3. The molecule has 0 amide bonds. The molecule has 0 atom stereocenters. The lowest BCUT2D eigenvalue weighted by atomic mass is 10.0. The van der Waals surface area contributed by atoms with Gasteiger partial charge in [-0.25, -0.2) is 9.97 Å². The Labute approximate surface area is 167 Å². The maximum absolute atomic E-state index is 6.54. The number of H-pyrrole nitrogens is 1. The number of methoxy groups -OCH3 is 2. The summed E-state index contributed by atoms with van der Waals surface area (Å²) in [7, 11) is 3.25. The van der Waals surface area contributed by atoms with Crippen LogP contribution in [0.15, 0.2) is 16.7 Å². The largest absolute Gasteiger partial charge is 0.496 e. The zero-order chi connectivity index (χ0) is 20.2. The molecule has 4 aromatic rings. The van der Waals surface area contributed by atoms with E-state index in [1.807, 2.05) is 39.8 Å². The fourth-order valence-corrected chi connectivity index (χ4v) is 3.64. The second-order valence-electron chi connectivity index (χ2n) is 7.20. The lowest BCUT2D eigenvalue weighted by Crippen LogP contribution is -2.23. The molecule has 0 fully saturated rings. The van der Waals surface area contributed by atoms with Crippen LogP contribution in [0.5, 0.6) is 5.75 Å². The Morgan fingerprint density at radius 3 is 2.50 bits per heavy atom. The van der Waals surface area contributed by atoms with Crippen molar-refractivity contribution in [2.75, 3.05) is 14.2 Å². The van der Waals surface area contributed by atoms with Gasteiger partial charge < -0.3 is 19.0 Å². The van der Waals surface area contributed by atoms with Gasteiger partial charge >= 0.3 is 0 Å². The molecule has 0 saturated carbocycles. The minimum atomic E-state index is -0.658. The fraction of sp³-hybridized carbons (Fsp3) is 0.350.